The number of aryl methyl sites for hydroxylation is 1. The summed E-state index contributed by atoms with van der Waals surface area (Å²) in [6.45, 7) is 1.72. The van der Waals surface area contributed by atoms with E-state index in [9.17, 15) is 18.5 Å². The van der Waals surface area contributed by atoms with Gasteiger partial charge in [-0.1, -0.05) is 27.5 Å². The number of hydrogen-bond donors (Lipinski definition) is 1. The maximum atomic E-state index is 12.7. The number of sulfonamides is 1. The Balaban J connectivity index is 1.90. The number of rotatable bonds is 7. The van der Waals surface area contributed by atoms with E-state index in [-0.39, 0.29) is 32.7 Å². The van der Waals surface area contributed by atoms with Crippen LogP contribution >= 0.6 is 27.5 Å². The lowest BCUT2D eigenvalue weighted by Crippen LogP contribution is -2.13. The summed E-state index contributed by atoms with van der Waals surface area (Å²) >= 11 is 9.31. The van der Waals surface area contributed by atoms with Gasteiger partial charge in [0.2, 0.25) is 0 Å². The normalized spacial score (nSPS) is 11.5. The number of nitrogens with one attached hydrogen (secondary N) is 1. The van der Waals surface area contributed by atoms with Crippen LogP contribution in [0.1, 0.15) is 5.56 Å². The molecule has 0 fully saturated rings. The highest BCUT2D eigenvalue weighted by atomic mass is 79.9. The average Bonchev–Trinajstić information content (AvgIpc) is 2.74. The molecule has 0 amide bonds. The summed E-state index contributed by atoms with van der Waals surface area (Å²) in [7, 11) is -2.44. The van der Waals surface area contributed by atoms with Gasteiger partial charge in [0.05, 0.1) is 33.3 Å². The number of halogens is 2. The first kappa shape index (κ1) is 23.6. The SMILES string of the molecule is COc1cc(N=Nc2ccc([N+](=O)[O-])cc2Cl)c(C)cc1NS(=O)(=O)c1ccc(Br)cc1. The molecular weight excluding hydrogens is 524 g/mol. The molecule has 0 unspecified atom stereocenters. The summed E-state index contributed by atoms with van der Waals surface area (Å²) < 4.78 is 34.0. The van der Waals surface area contributed by atoms with E-state index in [1.165, 1.54) is 43.5 Å². The van der Waals surface area contributed by atoms with Crippen LogP contribution in [-0.4, -0.2) is 20.5 Å². The topological polar surface area (TPSA) is 123 Å². The summed E-state index contributed by atoms with van der Waals surface area (Å²) in [5.74, 6) is 0.236. The van der Waals surface area contributed by atoms with Crippen molar-refractivity contribution in [2.24, 2.45) is 10.2 Å². The number of anilines is 1. The van der Waals surface area contributed by atoms with Gasteiger partial charge in [0.25, 0.3) is 15.7 Å². The quantitative estimate of drug-likeness (QED) is 0.207. The molecule has 32 heavy (non-hydrogen) atoms. The minimum atomic E-state index is -3.84. The lowest BCUT2D eigenvalue weighted by molar-refractivity contribution is -0.384. The van der Waals surface area contributed by atoms with Crippen molar-refractivity contribution in [3.05, 3.63) is 79.8 Å². The van der Waals surface area contributed by atoms with E-state index in [2.05, 4.69) is 30.9 Å². The van der Waals surface area contributed by atoms with Crippen LogP contribution in [0.15, 0.2) is 74.2 Å². The second-order valence-corrected chi connectivity index (χ2v) is 9.50. The number of non-ortho nitro benzene ring substituents is 1. The molecule has 9 nitrogen and oxygen atoms in total. The maximum Gasteiger partial charge on any atom is 0.271 e. The van der Waals surface area contributed by atoms with Gasteiger partial charge in [-0.3, -0.25) is 14.8 Å². The van der Waals surface area contributed by atoms with Gasteiger partial charge in [0.1, 0.15) is 11.4 Å². The predicted molar refractivity (Wildman–Crippen MR) is 125 cm³/mol. The summed E-state index contributed by atoms with van der Waals surface area (Å²) in [5, 5.41) is 19.1. The smallest absolute Gasteiger partial charge is 0.271 e. The standard InChI is InChI=1S/C20H16BrClN4O5S/c1-12-9-19(25-32(29,30)15-6-3-13(21)4-7-15)20(31-2)11-18(12)24-23-17-8-5-14(26(27)28)10-16(17)22/h3-11,25H,1-2H3. The van der Waals surface area contributed by atoms with Crippen molar-refractivity contribution >= 4 is 60.3 Å². The van der Waals surface area contributed by atoms with Gasteiger partial charge in [-0.25, -0.2) is 8.42 Å². The minimum absolute atomic E-state index is 0.0754. The van der Waals surface area contributed by atoms with Crippen molar-refractivity contribution in [2.75, 3.05) is 11.8 Å². The molecule has 12 heteroatoms. The van der Waals surface area contributed by atoms with Crippen molar-refractivity contribution in [3.63, 3.8) is 0 Å². The summed E-state index contributed by atoms with van der Waals surface area (Å²) in [5.41, 5.74) is 1.34. The third-order valence-electron chi connectivity index (χ3n) is 4.29. The van der Waals surface area contributed by atoms with Gasteiger partial charge < -0.3 is 4.74 Å². The van der Waals surface area contributed by atoms with E-state index in [1.807, 2.05) is 0 Å². The van der Waals surface area contributed by atoms with Crippen molar-refractivity contribution < 1.29 is 18.1 Å². The van der Waals surface area contributed by atoms with Crippen LogP contribution in [0.25, 0.3) is 0 Å². The number of azo groups is 1. The Hall–Kier alpha value is -3.02. The Morgan fingerprint density at radius 2 is 1.72 bits per heavy atom. The van der Waals surface area contributed by atoms with Gasteiger partial charge in [0, 0.05) is 22.7 Å². The summed E-state index contributed by atoms with van der Waals surface area (Å²) in [6, 6.07) is 13.1. The molecule has 0 atom stereocenters. The Morgan fingerprint density at radius 1 is 1.06 bits per heavy atom. The first-order valence-corrected chi connectivity index (χ1v) is 11.6. The average molecular weight is 540 g/mol. The van der Waals surface area contributed by atoms with Crippen LogP contribution in [0.3, 0.4) is 0 Å². The molecular formula is C20H16BrClN4O5S. The first-order valence-electron chi connectivity index (χ1n) is 8.93. The number of nitro groups is 1. The Labute approximate surface area is 197 Å². The molecule has 3 aromatic carbocycles. The molecule has 0 bridgehead atoms. The molecule has 0 aliphatic heterocycles. The summed E-state index contributed by atoms with van der Waals surface area (Å²) in [4.78, 5) is 10.4. The monoisotopic (exact) mass is 538 g/mol. The Kier molecular flexibility index (Phi) is 7.12. The molecule has 0 aliphatic rings. The first-order chi connectivity index (χ1) is 15.1. The van der Waals surface area contributed by atoms with Gasteiger partial charge in [-0.15, -0.1) is 5.11 Å². The number of hydrogen-bond acceptors (Lipinski definition) is 7. The van der Waals surface area contributed by atoms with Crippen LogP contribution in [0.2, 0.25) is 5.02 Å². The lowest BCUT2D eigenvalue weighted by Gasteiger charge is -2.14. The van der Waals surface area contributed by atoms with Crippen molar-refractivity contribution in [1.82, 2.24) is 0 Å². The van der Waals surface area contributed by atoms with Crippen LogP contribution in [0, 0.1) is 17.0 Å². The predicted octanol–water partition coefficient (Wildman–Crippen LogP) is 6.54. The van der Waals surface area contributed by atoms with Gasteiger partial charge in [0.15, 0.2) is 0 Å². The third-order valence-corrected chi connectivity index (χ3v) is 6.51. The molecule has 3 rings (SSSR count). The molecule has 0 saturated carbocycles. The van der Waals surface area contributed by atoms with Crippen molar-refractivity contribution in [1.29, 1.82) is 0 Å². The number of nitrogens with zero attached hydrogens (tertiary/aromatic N) is 3. The number of nitro benzene ring substituents is 1. The number of benzene rings is 3. The third kappa shape index (κ3) is 5.42. The Morgan fingerprint density at radius 3 is 2.31 bits per heavy atom. The van der Waals surface area contributed by atoms with Gasteiger partial charge in [-0.2, -0.15) is 5.11 Å². The van der Waals surface area contributed by atoms with E-state index in [4.69, 9.17) is 16.3 Å². The molecule has 3 aromatic rings. The van der Waals surface area contributed by atoms with E-state index in [0.717, 1.165) is 4.47 Å². The number of ether oxygens (including phenoxy) is 1. The maximum absolute atomic E-state index is 12.7. The van der Waals surface area contributed by atoms with Crippen LogP contribution in [-0.2, 0) is 10.0 Å². The second-order valence-electron chi connectivity index (χ2n) is 6.49. The largest absolute Gasteiger partial charge is 0.494 e. The second kappa shape index (κ2) is 9.63. The Bertz CT molecular complexity index is 1310. The summed E-state index contributed by atoms with van der Waals surface area (Å²) in [6.07, 6.45) is 0. The van der Waals surface area contributed by atoms with E-state index in [0.29, 0.717) is 11.3 Å². The molecule has 0 spiro atoms. The van der Waals surface area contributed by atoms with Crippen LogP contribution < -0.4 is 9.46 Å². The van der Waals surface area contributed by atoms with Crippen LogP contribution in [0.4, 0.5) is 22.7 Å². The molecule has 0 aromatic heterocycles. The fourth-order valence-corrected chi connectivity index (χ4v) is 4.19. The van der Waals surface area contributed by atoms with E-state index in [1.54, 1.807) is 25.1 Å². The molecule has 0 heterocycles. The van der Waals surface area contributed by atoms with Crippen molar-refractivity contribution in [2.45, 2.75) is 11.8 Å². The van der Waals surface area contributed by atoms with Gasteiger partial charge >= 0.3 is 0 Å². The molecule has 166 valence electrons. The zero-order valence-electron chi connectivity index (χ0n) is 16.7. The molecule has 1 N–H and O–H groups in total. The molecule has 0 aliphatic carbocycles. The van der Waals surface area contributed by atoms with Crippen molar-refractivity contribution in [3.8, 4) is 5.75 Å². The highest BCUT2D eigenvalue weighted by Gasteiger charge is 2.18. The zero-order valence-corrected chi connectivity index (χ0v) is 19.9. The lowest BCUT2D eigenvalue weighted by atomic mass is 10.1. The minimum Gasteiger partial charge on any atom is -0.494 e. The molecule has 0 radical (unpaired) electrons. The highest BCUT2D eigenvalue weighted by Crippen LogP contribution is 2.36. The fourth-order valence-electron chi connectivity index (χ4n) is 2.65. The van der Waals surface area contributed by atoms with Crippen LogP contribution in [0.5, 0.6) is 5.75 Å². The fraction of sp³-hybridized carbons (Fsp3) is 0.100. The van der Waals surface area contributed by atoms with Gasteiger partial charge in [-0.05, 0) is 48.9 Å². The number of methoxy groups -OCH3 is 1. The molecule has 0 saturated heterocycles. The zero-order chi connectivity index (χ0) is 23.5. The highest BCUT2D eigenvalue weighted by molar-refractivity contribution is 9.10. The van der Waals surface area contributed by atoms with E-state index < -0.39 is 14.9 Å². The van der Waals surface area contributed by atoms with E-state index >= 15 is 0 Å².